The zero-order chi connectivity index (χ0) is 17.3. The van der Waals surface area contributed by atoms with Crippen LogP contribution >= 0.6 is 23.4 Å². The highest BCUT2D eigenvalue weighted by Crippen LogP contribution is 2.48. The Labute approximate surface area is 159 Å². The van der Waals surface area contributed by atoms with Crippen molar-refractivity contribution < 1.29 is 5.11 Å². The highest BCUT2D eigenvalue weighted by atomic mass is 35.5. The number of nitrogens with zero attached hydrogens (tertiary/aromatic N) is 2. The fourth-order valence-corrected chi connectivity index (χ4v) is 5.81. The van der Waals surface area contributed by atoms with E-state index in [1.54, 1.807) is 11.8 Å². The Kier molecular flexibility index (Phi) is 5.21. The molecule has 0 radical (unpaired) electrons. The Bertz CT molecular complexity index is 681. The summed E-state index contributed by atoms with van der Waals surface area (Å²) in [6, 6.07) is 8.00. The van der Waals surface area contributed by atoms with Crippen molar-refractivity contribution in [2.75, 3.05) is 0 Å². The molecule has 3 aliphatic rings. The molecule has 4 rings (SSSR count). The third-order valence-electron chi connectivity index (χ3n) is 5.69. The predicted octanol–water partition coefficient (Wildman–Crippen LogP) is 5.77. The van der Waals surface area contributed by atoms with Crippen molar-refractivity contribution in [3.63, 3.8) is 0 Å². The highest BCUT2D eigenvalue weighted by Gasteiger charge is 2.52. The molecule has 0 bridgehead atoms. The fourth-order valence-electron chi connectivity index (χ4n) is 4.26. The Morgan fingerprint density at radius 3 is 2.48 bits per heavy atom. The van der Waals surface area contributed by atoms with E-state index in [1.807, 2.05) is 24.3 Å². The molecule has 25 heavy (non-hydrogen) atoms. The Morgan fingerprint density at radius 1 is 1.00 bits per heavy atom. The van der Waals surface area contributed by atoms with Crippen LogP contribution < -0.4 is 0 Å². The van der Waals surface area contributed by atoms with Crippen molar-refractivity contribution in [2.24, 2.45) is 15.9 Å². The molecule has 2 atom stereocenters. The molecule has 2 saturated carbocycles. The van der Waals surface area contributed by atoms with Crippen LogP contribution in [-0.2, 0) is 0 Å². The molecule has 0 spiro atoms. The molecule has 1 heterocycles. The van der Waals surface area contributed by atoms with E-state index in [4.69, 9.17) is 21.6 Å². The van der Waals surface area contributed by atoms with Gasteiger partial charge in [0.05, 0.1) is 16.8 Å². The number of thioether (sulfide) groups is 1. The van der Waals surface area contributed by atoms with Crippen molar-refractivity contribution in [1.29, 1.82) is 0 Å². The van der Waals surface area contributed by atoms with Crippen molar-refractivity contribution in [3.05, 3.63) is 29.3 Å². The van der Waals surface area contributed by atoms with Crippen LogP contribution in [-0.4, -0.2) is 26.8 Å². The average molecular weight is 377 g/mol. The quantitative estimate of drug-likeness (QED) is 0.712. The predicted molar refractivity (Wildman–Crippen MR) is 107 cm³/mol. The van der Waals surface area contributed by atoms with Crippen LogP contribution in [0.15, 0.2) is 34.3 Å². The second kappa shape index (κ2) is 7.42. The van der Waals surface area contributed by atoms with Crippen molar-refractivity contribution >= 4 is 39.1 Å². The molecule has 2 unspecified atom stereocenters. The second-order valence-corrected chi connectivity index (χ2v) is 8.92. The minimum Gasteiger partial charge on any atom is -0.382 e. The highest BCUT2D eigenvalue weighted by molar-refractivity contribution is 8.27. The zero-order valence-electron chi connectivity index (χ0n) is 14.5. The van der Waals surface area contributed by atoms with E-state index in [0.717, 1.165) is 59.3 Å². The maximum Gasteiger partial charge on any atom is 0.121 e. The van der Waals surface area contributed by atoms with Gasteiger partial charge < -0.3 is 5.11 Å². The van der Waals surface area contributed by atoms with Gasteiger partial charge in [0, 0.05) is 10.9 Å². The summed E-state index contributed by atoms with van der Waals surface area (Å²) in [5.41, 5.74) is 0.116. The van der Waals surface area contributed by atoms with E-state index in [1.165, 1.54) is 19.3 Å². The SMILES string of the molecule is OC12CCCCC1C(=Nc1ccc(Cl)cc1)SC2=NC1CCCCC1. The number of halogens is 1. The summed E-state index contributed by atoms with van der Waals surface area (Å²) in [4.78, 5) is 9.88. The molecule has 2 aliphatic carbocycles. The molecule has 1 N–H and O–H groups in total. The minimum absolute atomic E-state index is 0.101. The summed E-state index contributed by atoms with van der Waals surface area (Å²) in [5, 5.41) is 14.1. The molecular formula is C20H25ClN2OS. The van der Waals surface area contributed by atoms with Gasteiger partial charge in [-0.15, -0.1) is 0 Å². The van der Waals surface area contributed by atoms with E-state index < -0.39 is 5.60 Å². The number of aliphatic hydroxyl groups is 1. The van der Waals surface area contributed by atoms with Gasteiger partial charge in [0.25, 0.3) is 0 Å². The first-order valence-corrected chi connectivity index (χ1v) is 10.7. The van der Waals surface area contributed by atoms with Crippen LogP contribution in [0.5, 0.6) is 0 Å². The molecular weight excluding hydrogens is 352 g/mol. The first kappa shape index (κ1) is 17.6. The van der Waals surface area contributed by atoms with E-state index in [-0.39, 0.29) is 5.92 Å². The summed E-state index contributed by atoms with van der Waals surface area (Å²) >= 11 is 7.60. The molecule has 134 valence electrons. The second-order valence-electron chi connectivity index (χ2n) is 7.48. The monoisotopic (exact) mass is 376 g/mol. The molecule has 0 amide bonds. The fraction of sp³-hybridized carbons (Fsp3) is 0.600. The lowest BCUT2D eigenvalue weighted by Crippen LogP contribution is -2.44. The van der Waals surface area contributed by atoms with Crippen LogP contribution in [0.25, 0.3) is 0 Å². The number of hydrogen-bond acceptors (Lipinski definition) is 4. The number of benzene rings is 1. The maximum atomic E-state index is 11.4. The average Bonchev–Trinajstić information content (AvgIpc) is 2.90. The van der Waals surface area contributed by atoms with Crippen LogP contribution in [0.2, 0.25) is 5.02 Å². The van der Waals surface area contributed by atoms with Crippen LogP contribution in [0.3, 0.4) is 0 Å². The summed E-state index contributed by atoms with van der Waals surface area (Å²) in [6.45, 7) is 0. The van der Waals surface area contributed by atoms with Crippen LogP contribution in [0, 0.1) is 5.92 Å². The maximum absolute atomic E-state index is 11.4. The van der Waals surface area contributed by atoms with Gasteiger partial charge in [-0.3, -0.25) is 4.99 Å². The van der Waals surface area contributed by atoms with Crippen molar-refractivity contribution in [1.82, 2.24) is 0 Å². The smallest absolute Gasteiger partial charge is 0.121 e. The van der Waals surface area contributed by atoms with Gasteiger partial charge in [0.1, 0.15) is 10.6 Å². The summed E-state index contributed by atoms with van der Waals surface area (Å²) in [7, 11) is 0. The van der Waals surface area contributed by atoms with Gasteiger partial charge in [-0.05, 0) is 49.9 Å². The number of fused-ring (bicyclic) bond motifs is 1. The van der Waals surface area contributed by atoms with Gasteiger partial charge in [-0.1, -0.05) is 55.5 Å². The molecule has 1 aromatic rings. The van der Waals surface area contributed by atoms with E-state index in [9.17, 15) is 5.11 Å². The topological polar surface area (TPSA) is 45.0 Å². The lowest BCUT2D eigenvalue weighted by atomic mass is 9.76. The number of hydrogen-bond donors (Lipinski definition) is 1. The van der Waals surface area contributed by atoms with Gasteiger partial charge in [0.15, 0.2) is 0 Å². The molecule has 1 saturated heterocycles. The van der Waals surface area contributed by atoms with Crippen molar-refractivity contribution in [3.8, 4) is 0 Å². The number of rotatable bonds is 2. The van der Waals surface area contributed by atoms with Gasteiger partial charge in [0.2, 0.25) is 0 Å². The minimum atomic E-state index is -0.786. The van der Waals surface area contributed by atoms with Gasteiger partial charge in [-0.25, -0.2) is 4.99 Å². The molecule has 0 aromatic heterocycles. The Balaban J connectivity index is 1.64. The molecule has 5 heteroatoms. The molecule has 1 aliphatic heterocycles. The van der Waals surface area contributed by atoms with E-state index in [0.29, 0.717) is 6.04 Å². The summed E-state index contributed by atoms with van der Waals surface area (Å²) in [6.07, 6.45) is 10.2. The summed E-state index contributed by atoms with van der Waals surface area (Å²) < 4.78 is 0. The van der Waals surface area contributed by atoms with Crippen molar-refractivity contribution in [2.45, 2.75) is 69.4 Å². The molecule has 3 nitrogen and oxygen atoms in total. The van der Waals surface area contributed by atoms with Crippen LogP contribution in [0.4, 0.5) is 5.69 Å². The van der Waals surface area contributed by atoms with Gasteiger partial charge in [-0.2, -0.15) is 0 Å². The first-order valence-electron chi connectivity index (χ1n) is 9.48. The Hall–Kier alpha value is -0.840. The third kappa shape index (κ3) is 3.67. The molecule has 1 aromatic carbocycles. The number of aliphatic imine (C=N–C) groups is 2. The normalized spacial score (nSPS) is 33.8. The largest absolute Gasteiger partial charge is 0.382 e. The third-order valence-corrected chi connectivity index (χ3v) is 7.18. The summed E-state index contributed by atoms with van der Waals surface area (Å²) in [5.74, 6) is 0.101. The van der Waals surface area contributed by atoms with E-state index in [2.05, 4.69) is 0 Å². The Morgan fingerprint density at radius 2 is 1.72 bits per heavy atom. The first-order chi connectivity index (χ1) is 12.1. The lowest BCUT2D eigenvalue weighted by molar-refractivity contribution is 0.0487. The standard InChI is InChI=1S/C20H25ClN2OS/c21-14-9-11-16(12-10-14)22-18-17-8-4-5-13-20(17,24)19(25-18)23-15-6-2-1-3-7-15/h9-12,15,17,24H,1-8,13H2. The van der Waals surface area contributed by atoms with E-state index >= 15 is 0 Å². The van der Waals surface area contributed by atoms with Gasteiger partial charge >= 0.3 is 0 Å². The zero-order valence-corrected chi connectivity index (χ0v) is 16.0. The lowest BCUT2D eigenvalue weighted by Gasteiger charge is -2.34. The molecule has 3 fully saturated rings. The van der Waals surface area contributed by atoms with Crippen LogP contribution in [0.1, 0.15) is 57.8 Å².